The largest absolute Gasteiger partial charge is 0.338 e. The van der Waals surface area contributed by atoms with Crippen LogP contribution in [0.5, 0.6) is 0 Å². The maximum absolute atomic E-state index is 15.3. The highest BCUT2D eigenvalue weighted by Crippen LogP contribution is 2.49. The van der Waals surface area contributed by atoms with Gasteiger partial charge >= 0.3 is 5.92 Å². The Morgan fingerprint density at radius 1 is 1.03 bits per heavy atom. The van der Waals surface area contributed by atoms with Crippen molar-refractivity contribution < 1.29 is 18.4 Å². The molecule has 154 valence electrons. The van der Waals surface area contributed by atoms with Crippen molar-refractivity contribution in [3.8, 4) is 0 Å². The second-order valence-corrected chi connectivity index (χ2v) is 7.48. The lowest BCUT2D eigenvalue weighted by Crippen LogP contribution is -2.51. The van der Waals surface area contributed by atoms with Crippen LogP contribution >= 0.6 is 0 Å². The molecule has 6 heteroatoms. The first kappa shape index (κ1) is 21.0. The molecule has 2 aromatic rings. The van der Waals surface area contributed by atoms with Gasteiger partial charge in [-0.3, -0.25) is 9.59 Å². The van der Waals surface area contributed by atoms with Crippen LogP contribution in [0.1, 0.15) is 31.4 Å². The topological polar surface area (TPSA) is 40.6 Å². The lowest BCUT2D eigenvalue weighted by molar-refractivity contribution is -0.161. The highest BCUT2D eigenvalue weighted by molar-refractivity contribution is 6.08. The van der Waals surface area contributed by atoms with E-state index in [4.69, 9.17) is 0 Å². The Kier molecular flexibility index (Phi) is 5.73. The maximum Gasteiger partial charge on any atom is 0.326 e. The van der Waals surface area contributed by atoms with E-state index in [1.807, 2.05) is 30.3 Å². The number of rotatable bonds is 7. The third-order valence-electron chi connectivity index (χ3n) is 5.73. The van der Waals surface area contributed by atoms with E-state index in [-0.39, 0.29) is 19.5 Å². The van der Waals surface area contributed by atoms with E-state index in [0.717, 1.165) is 10.5 Å². The molecule has 0 bridgehead atoms. The zero-order chi connectivity index (χ0) is 21.2. The molecular weight excluding hydrogens is 374 g/mol. The number of likely N-dealkylation sites (N-methyl/N-ethyl adjacent to an activating group) is 1. The first-order chi connectivity index (χ1) is 13.8. The van der Waals surface area contributed by atoms with Crippen molar-refractivity contribution in [3.05, 3.63) is 65.7 Å². The predicted octanol–water partition coefficient (Wildman–Crippen LogP) is 4.04. The molecule has 0 spiro atoms. The Bertz CT molecular complexity index is 897. The molecule has 1 aliphatic rings. The van der Waals surface area contributed by atoms with E-state index in [9.17, 15) is 9.59 Å². The Balaban J connectivity index is 2.10. The molecule has 0 aliphatic carbocycles. The molecule has 2 amide bonds. The van der Waals surface area contributed by atoms with Gasteiger partial charge in [-0.15, -0.1) is 0 Å². The van der Waals surface area contributed by atoms with Gasteiger partial charge in [0.05, 0.1) is 5.41 Å². The fourth-order valence-corrected chi connectivity index (χ4v) is 4.26. The Morgan fingerprint density at radius 3 is 2.24 bits per heavy atom. The van der Waals surface area contributed by atoms with Gasteiger partial charge in [0.15, 0.2) is 0 Å². The molecule has 1 aliphatic heterocycles. The first-order valence-corrected chi connectivity index (χ1v) is 9.85. The van der Waals surface area contributed by atoms with Gasteiger partial charge in [0, 0.05) is 32.2 Å². The van der Waals surface area contributed by atoms with Crippen molar-refractivity contribution in [2.45, 2.75) is 38.0 Å². The van der Waals surface area contributed by atoms with Gasteiger partial charge in [0.25, 0.3) is 5.91 Å². The summed E-state index contributed by atoms with van der Waals surface area (Å²) in [7, 11) is 1.60. The number of benzene rings is 2. The standard InChI is InChI=1S/C23H26F2N2O2/c1-4-27(5-2)21(29)23(24,25)16-22(15-17-11-7-6-8-12-17)18-13-9-10-14-19(18)26(3)20(22)28/h6-14H,4-5,15-16H2,1-3H3/t22-/m1/s1. The summed E-state index contributed by atoms with van der Waals surface area (Å²) in [5, 5.41) is 0. The van der Waals surface area contributed by atoms with Crippen molar-refractivity contribution in [3.63, 3.8) is 0 Å². The lowest BCUT2D eigenvalue weighted by Gasteiger charge is -2.33. The third-order valence-corrected chi connectivity index (χ3v) is 5.73. The number of fused-ring (bicyclic) bond motifs is 1. The quantitative estimate of drug-likeness (QED) is 0.704. The predicted molar refractivity (Wildman–Crippen MR) is 109 cm³/mol. The summed E-state index contributed by atoms with van der Waals surface area (Å²) >= 11 is 0. The van der Waals surface area contributed by atoms with E-state index in [1.54, 1.807) is 45.2 Å². The average molecular weight is 400 g/mol. The van der Waals surface area contributed by atoms with Crippen molar-refractivity contribution in [1.82, 2.24) is 4.90 Å². The van der Waals surface area contributed by atoms with Gasteiger partial charge in [0.1, 0.15) is 0 Å². The van der Waals surface area contributed by atoms with Gasteiger partial charge in [-0.1, -0.05) is 48.5 Å². The van der Waals surface area contributed by atoms with Gasteiger partial charge in [-0.05, 0) is 37.5 Å². The minimum Gasteiger partial charge on any atom is -0.338 e. The highest BCUT2D eigenvalue weighted by Gasteiger charge is 2.57. The molecule has 0 aromatic heterocycles. The van der Waals surface area contributed by atoms with Gasteiger partial charge in [-0.25, -0.2) is 0 Å². The van der Waals surface area contributed by atoms with E-state index in [1.165, 1.54) is 4.90 Å². The summed E-state index contributed by atoms with van der Waals surface area (Å²) in [4.78, 5) is 28.5. The van der Waals surface area contributed by atoms with Crippen LogP contribution in [-0.4, -0.2) is 42.8 Å². The molecule has 0 radical (unpaired) electrons. The molecule has 4 nitrogen and oxygen atoms in total. The van der Waals surface area contributed by atoms with Crippen LogP contribution in [0.2, 0.25) is 0 Å². The molecule has 1 atom stereocenters. The number of halogens is 2. The summed E-state index contributed by atoms with van der Waals surface area (Å²) in [5.74, 6) is -5.29. The average Bonchev–Trinajstić information content (AvgIpc) is 2.91. The fourth-order valence-electron chi connectivity index (χ4n) is 4.26. The van der Waals surface area contributed by atoms with Crippen LogP contribution in [0.15, 0.2) is 54.6 Å². The molecule has 29 heavy (non-hydrogen) atoms. The summed E-state index contributed by atoms with van der Waals surface area (Å²) in [5.41, 5.74) is 0.430. The zero-order valence-corrected chi connectivity index (χ0v) is 17.0. The minimum atomic E-state index is -3.66. The van der Waals surface area contributed by atoms with E-state index in [0.29, 0.717) is 11.3 Å². The first-order valence-electron chi connectivity index (χ1n) is 9.85. The molecule has 0 unspecified atom stereocenters. The molecule has 0 saturated heterocycles. The van der Waals surface area contributed by atoms with Crippen LogP contribution in [0.4, 0.5) is 14.5 Å². The molecule has 1 heterocycles. The zero-order valence-electron chi connectivity index (χ0n) is 17.0. The van der Waals surface area contributed by atoms with Crippen molar-refractivity contribution >= 4 is 17.5 Å². The highest BCUT2D eigenvalue weighted by atomic mass is 19.3. The number of carbonyl (C=O) groups is 2. The van der Waals surface area contributed by atoms with E-state index >= 15 is 8.78 Å². The van der Waals surface area contributed by atoms with E-state index in [2.05, 4.69) is 0 Å². The maximum atomic E-state index is 15.3. The summed E-state index contributed by atoms with van der Waals surface area (Å²) in [6, 6.07) is 16.1. The number of nitrogens with zero attached hydrogens (tertiary/aromatic N) is 2. The number of carbonyl (C=O) groups excluding carboxylic acids is 2. The van der Waals surface area contributed by atoms with Gasteiger partial charge < -0.3 is 9.80 Å². The number of hydrogen-bond acceptors (Lipinski definition) is 2. The van der Waals surface area contributed by atoms with Crippen molar-refractivity contribution in [2.75, 3.05) is 25.0 Å². The molecule has 0 saturated carbocycles. The van der Waals surface area contributed by atoms with Gasteiger partial charge in [-0.2, -0.15) is 8.78 Å². The summed E-state index contributed by atoms with van der Waals surface area (Å²) in [6.07, 6.45) is -0.750. The Labute approximate surface area is 170 Å². The van der Waals surface area contributed by atoms with Crippen LogP contribution in [0, 0.1) is 0 Å². The monoisotopic (exact) mass is 400 g/mol. The van der Waals surface area contributed by atoms with Crippen LogP contribution in [0.3, 0.4) is 0 Å². The number of hydrogen-bond donors (Lipinski definition) is 0. The van der Waals surface area contributed by atoms with Gasteiger partial charge in [0.2, 0.25) is 5.91 Å². The molecular formula is C23H26F2N2O2. The lowest BCUT2D eigenvalue weighted by atomic mass is 9.72. The second kappa shape index (κ2) is 7.93. The van der Waals surface area contributed by atoms with Crippen LogP contribution in [0.25, 0.3) is 0 Å². The summed E-state index contributed by atoms with van der Waals surface area (Å²) < 4.78 is 30.5. The van der Waals surface area contributed by atoms with E-state index < -0.39 is 29.6 Å². The number of para-hydroxylation sites is 1. The van der Waals surface area contributed by atoms with Crippen molar-refractivity contribution in [1.29, 1.82) is 0 Å². The third kappa shape index (κ3) is 3.63. The minimum absolute atomic E-state index is 0.106. The Morgan fingerprint density at radius 2 is 1.62 bits per heavy atom. The summed E-state index contributed by atoms with van der Waals surface area (Å²) in [6.45, 7) is 3.73. The molecule has 3 rings (SSSR count). The second-order valence-electron chi connectivity index (χ2n) is 7.48. The molecule has 0 N–H and O–H groups in total. The fraction of sp³-hybridized carbons (Fsp3) is 0.391. The molecule has 2 aromatic carbocycles. The normalized spacial score (nSPS) is 18.7. The SMILES string of the molecule is CCN(CC)C(=O)C(F)(F)C[C@@]1(Cc2ccccc2)C(=O)N(C)c2ccccc21. The number of amides is 2. The van der Waals surface area contributed by atoms with Crippen molar-refractivity contribution in [2.24, 2.45) is 0 Å². The molecule has 0 fully saturated rings. The van der Waals surface area contributed by atoms with Crippen LogP contribution in [-0.2, 0) is 21.4 Å². The number of alkyl halides is 2. The van der Waals surface area contributed by atoms with Crippen LogP contribution < -0.4 is 4.90 Å². The number of anilines is 1. The smallest absolute Gasteiger partial charge is 0.326 e. The Hall–Kier alpha value is -2.76.